The van der Waals surface area contributed by atoms with Gasteiger partial charge in [-0.1, -0.05) is 13.0 Å². The second-order valence-corrected chi connectivity index (χ2v) is 3.92. The number of aliphatic hydroxyl groups is 1. The number of pyridine rings is 1. The summed E-state index contributed by atoms with van der Waals surface area (Å²) in [7, 11) is 0. The van der Waals surface area contributed by atoms with Gasteiger partial charge in [0.25, 0.3) is 0 Å². The Kier molecular flexibility index (Phi) is 3.22. The molecule has 4 heteroatoms. The largest absolute Gasteiger partial charge is 0.385 e. The number of aromatic nitrogens is 2. The number of fused-ring (bicyclic) bond motifs is 1. The molecule has 2 N–H and O–H groups in total. The first-order valence-electron chi connectivity index (χ1n) is 5.57. The second kappa shape index (κ2) is 4.63. The molecule has 0 aliphatic rings. The molecule has 0 radical (unpaired) electrons. The number of aliphatic hydroxyl groups excluding tert-OH is 1. The first-order valence-corrected chi connectivity index (χ1v) is 5.57. The van der Waals surface area contributed by atoms with Gasteiger partial charge < -0.3 is 14.8 Å². The lowest BCUT2D eigenvalue weighted by Gasteiger charge is -2.17. The SMILES string of the molecule is CCNC(C)C(O)c1cn2ccccc2n1. The molecule has 2 heterocycles. The minimum absolute atomic E-state index is 0.00918. The van der Waals surface area contributed by atoms with Crippen molar-refractivity contribution < 1.29 is 5.11 Å². The molecule has 0 aliphatic heterocycles. The van der Waals surface area contributed by atoms with E-state index >= 15 is 0 Å². The molecule has 2 aromatic heterocycles. The van der Waals surface area contributed by atoms with E-state index in [0.29, 0.717) is 5.69 Å². The summed E-state index contributed by atoms with van der Waals surface area (Å²) in [4.78, 5) is 4.39. The maximum absolute atomic E-state index is 10.1. The summed E-state index contributed by atoms with van der Waals surface area (Å²) in [6, 6.07) is 5.81. The maximum Gasteiger partial charge on any atom is 0.137 e. The highest BCUT2D eigenvalue weighted by Gasteiger charge is 2.18. The fraction of sp³-hybridized carbons (Fsp3) is 0.417. The third-order valence-corrected chi connectivity index (χ3v) is 2.69. The summed E-state index contributed by atoms with van der Waals surface area (Å²) in [5.41, 5.74) is 1.57. The molecule has 0 aliphatic carbocycles. The summed E-state index contributed by atoms with van der Waals surface area (Å²) < 4.78 is 1.91. The van der Waals surface area contributed by atoms with Crippen molar-refractivity contribution in [2.24, 2.45) is 0 Å². The fourth-order valence-electron chi connectivity index (χ4n) is 1.79. The van der Waals surface area contributed by atoms with Crippen molar-refractivity contribution in [2.45, 2.75) is 26.0 Å². The molecule has 0 saturated heterocycles. The maximum atomic E-state index is 10.1. The summed E-state index contributed by atoms with van der Waals surface area (Å²) >= 11 is 0. The van der Waals surface area contributed by atoms with Crippen LogP contribution < -0.4 is 5.32 Å². The monoisotopic (exact) mass is 219 g/mol. The van der Waals surface area contributed by atoms with Gasteiger partial charge in [-0.3, -0.25) is 0 Å². The van der Waals surface area contributed by atoms with Crippen LogP contribution in [-0.2, 0) is 0 Å². The van der Waals surface area contributed by atoms with Gasteiger partial charge in [0.05, 0.1) is 5.69 Å². The Bertz CT molecular complexity index is 433. The standard InChI is InChI=1S/C12H17N3O/c1-3-13-9(2)12(16)10-8-15-7-5-4-6-11(15)14-10/h4-9,12-13,16H,3H2,1-2H3. The Morgan fingerprint density at radius 3 is 3.00 bits per heavy atom. The van der Waals surface area contributed by atoms with Crippen LogP contribution >= 0.6 is 0 Å². The molecule has 0 spiro atoms. The van der Waals surface area contributed by atoms with Gasteiger partial charge in [0.1, 0.15) is 11.8 Å². The molecular formula is C12H17N3O. The van der Waals surface area contributed by atoms with Gasteiger partial charge >= 0.3 is 0 Å². The molecule has 86 valence electrons. The highest BCUT2D eigenvalue weighted by Crippen LogP contribution is 2.16. The molecule has 2 aromatic rings. The van der Waals surface area contributed by atoms with Crippen LogP contribution in [-0.4, -0.2) is 27.1 Å². The van der Waals surface area contributed by atoms with Gasteiger partial charge in [-0.05, 0) is 25.6 Å². The van der Waals surface area contributed by atoms with Crippen LogP contribution in [0.25, 0.3) is 5.65 Å². The number of rotatable bonds is 4. The van der Waals surface area contributed by atoms with Gasteiger partial charge in [0, 0.05) is 18.4 Å². The van der Waals surface area contributed by atoms with Crippen molar-refractivity contribution in [3.05, 3.63) is 36.3 Å². The van der Waals surface area contributed by atoms with Gasteiger partial charge in [-0.25, -0.2) is 4.98 Å². The van der Waals surface area contributed by atoms with Crippen molar-refractivity contribution in [3.8, 4) is 0 Å². The lowest BCUT2D eigenvalue weighted by molar-refractivity contribution is 0.133. The van der Waals surface area contributed by atoms with Crippen LogP contribution in [0.3, 0.4) is 0 Å². The van der Waals surface area contributed by atoms with E-state index in [1.54, 1.807) is 0 Å². The zero-order chi connectivity index (χ0) is 11.5. The van der Waals surface area contributed by atoms with Crippen molar-refractivity contribution in [2.75, 3.05) is 6.54 Å². The van der Waals surface area contributed by atoms with E-state index in [1.807, 2.05) is 48.8 Å². The first kappa shape index (κ1) is 11.1. The second-order valence-electron chi connectivity index (χ2n) is 3.92. The zero-order valence-electron chi connectivity index (χ0n) is 9.59. The first-order chi connectivity index (χ1) is 7.72. The number of likely N-dealkylation sites (N-methyl/N-ethyl adjacent to an activating group) is 1. The third kappa shape index (κ3) is 2.08. The molecule has 2 atom stereocenters. The minimum atomic E-state index is -0.570. The van der Waals surface area contributed by atoms with Crippen LogP contribution in [0.4, 0.5) is 0 Å². The van der Waals surface area contributed by atoms with Crippen molar-refractivity contribution >= 4 is 5.65 Å². The number of nitrogens with zero attached hydrogens (tertiary/aromatic N) is 2. The number of hydrogen-bond donors (Lipinski definition) is 2. The highest BCUT2D eigenvalue weighted by molar-refractivity contribution is 5.39. The van der Waals surface area contributed by atoms with E-state index in [2.05, 4.69) is 10.3 Å². The zero-order valence-corrected chi connectivity index (χ0v) is 9.59. The number of imidazole rings is 1. The molecule has 2 unspecified atom stereocenters. The van der Waals surface area contributed by atoms with E-state index in [4.69, 9.17) is 0 Å². The Hall–Kier alpha value is -1.39. The molecule has 0 amide bonds. The average Bonchev–Trinajstić information content (AvgIpc) is 2.71. The van der Waals surface area contributed by atoms with Gasteiger partial charge in [-0.2, -0.15) is 0 Å². The van der Waals surface area contributed by atoms with E-state index < -0.39 is 6.10 Å². The Morgan fingerprint density at radius 2 is 2.31 bits per heavy atom. The van der Waals surface area contributed by atoms with Crippen LogP contribution in [0, 0.1) is 0 Å². The summed E-state index contributed by atoms with van der Waals surface area (Å²) in [5, 5.41) is 13.3. The smallest absolute Gasteiger partial charge is 0.137 e. The normalized spacial score (nSPS) is 15.2. The van der Waals surface area contributed by atoms with Gasteiger partial charge in [0.15, 0.2) is 0 Å². The molecule has 2 rings (SSSR count). The average molecular weight is 219 g/mol. The molecule has 4 nitrogen and oxygen atoms in total. The molecule has 0 aromatic carbocycles. The van der Waals surface area contributed by atoms with E-state index in [1.165, 1.54) is 0 Å². The van der Waals surface area contributed by atoms with E-state index in [9.17, 15) is 5.11 Å². The van der Waals surface area contributed by atoms with Crippen LogP contribution in [0.15, 0.2) is 30.6 Å². The minimum Gasteiger partial charge on any atom is -0.385 e. The Morgan fingerprint density at radius 1 is 1.50 bits per heavy atom. The van der Waals surface area contributed by atoms with Gasteiger partial charge in [0.2, 0.25) is 0 Å². The predicted octanol–water partition coefficient (Wildman–Crippen LogP) is 1.37. The van der Waals surface area contributed by atoms with Gasteiger partial charge in [-0.15, -0.1) is 0 Å². The topological polar surface area (TPSA) is 49.6 Å². The third-order valence-electron chi connectivity index (χ3n) is 2.69. The Balaban J connectivity index is 2.26. The van der Waals surface area contributed by atoms with Crippen molar-refractivity contribution in [1.29, 1.82) is 0 Å². The molecule has 0 fully saturated rings. The van der Waals surface area contributed by atoms with E-state index in [-0.39, 0.29) is 6.04 Å². The predicted molar refractivity (Wildman–Crippen MR) is 63.3 cm³/mol. The van der Waals surface area contributed by atoms with Crippen LogP contribution in [0.1, 0.15) is 25.6 Å². The molecule has 0 bridgehead atoms. The van der Waals surface area contributed by atoms with Crippen LogP contribution in [0.2, 0.25) is 0 Å². The van der Waals surface area contributed by atoms with Crippen molar-refractivity contribution in [1.82, 2.24) is 14.7 Å². The van der Waals surface area contributed by atoms with Crippen molar-refractivity contribution in [3.63, 3.8) is 0 Å². The number of hydrogen-bond acceptors (Lipinski definition) is 3. The fourth-order valence-corrected chi connectivity index (χ4v) is 1.79. The number of nitrogens with one attached hydrogen (secondary N) is 1. The lowest BCUT2D eigenvalue weighted by Crippen LogP contribution is -2.32. The summed E-state index contributed by atoms with van der Waals surface area (Å²) in [5.74, 6) is 0. The van der Waals surface area contributed by atoms with Crippen LogP contribution in [0.5, 0.6) is 0 Å². The quantitative estimate of drug-likeness (QED) is 0.816. The lowest BCUT2D eigenvalue weighted by atomic mass is 10.1. The van der Waals surface area contributed by atoms with E-state index in [0.717, 1.165) is 12.2 Å². The Labute approximate surface area is 94.9 Å². The summed E-state index contributed by atoms with van der Waals surface area (Å²) in [6.07, 6.45) is 3.23. The highest BCUT2D eigenvalue weighted by atomic mass is 16.3. The summed E-state index contributed by atoms with van der Waals surface area (Å²) in [6.45, 7) is 4.82. The molecule has 0 saturated carbocycles. The molecule has 16 heavy (non-hydrogen) atoms. The molecular weight excluding hydrogens is 202 g/mol.